The zero-order valence-electron chi connectivity index (χ0n) is 10.3. The van der Waals surface area contributed by atoms with Crippen molar-refractivity contribution in [3.8, 4) is 0 Å². The molecule has 96 valence electrons. The van der Waals surface area contributed by atoms with Crippen LogP contribution in [0.4, 0.5) is 8.78 Å². The number of aliphatic hydroxyl groups excluding tert-OH is 1. The summed E-state index contributed by atoms with van der Waals surface area (Å²) in [5.41, 5.74) is 0.123. The van der Waals surface area contributed by atoms with E-state index in [2.05, 4.69) is 5.32 Å². The maximum atomic E-state index is 13.2. The first kappa shape index (κ1) is 14.1. The van der Waals surface area contributed by atoms with Crippen LogP contribution in [0.2, 0.25) is 0 Å². The van der Waals surface area contributed by atoms with Crippen molar-refractivity contribution in [2.45, 2.75) is 32.2 Å². The molecule has 17 heavy (non-hydrogen) atoms. The molecule has 0 saturated carbocycles. The average Bonchev–Trinajstić information content (AvgIpc) is 2.30. The average molecular weight is 243 g/mol. The van der Waals surface area contributed by atoms with Gasteiger partial charge in [-0.3, -0.25) is 0 Å². The number of rotatable bonds is 6. The summed E-state index contributed by atoms with van der Waals surface area (Å²) >= 11 is 0. The largest absolute Gasteiger partial charge is 0.396 e. The van der Waals surface area contributed by atoms with Gasteiger partial charge >= 0.3 is 0 Å². The lowest BCUT2D eigenvalue weighted by atomic mass is 9.88. The van der Waals surface area contributed by atoms with E-state index < -0.39 is 17.2 Å². The predicted molar refractivity (Wildman–Crippen MR) is 63.7 cm³/mol. The number of halogens is 2. The van der Waals surface area contributed by atoms with E-state index in [1.165, 1.54) is 6.07 Å². The summed E-state index contributed by atoms with van der Waals surface area (Å²) in [5, 5.41) is 12.3. The highest BCUT2D eigenvalue weighted by Crippen LogP contribution is 2.25. The minimum atomic E-state index is -0.857. The van der Waals surface area contributed by atoms with Gasteiger partial charge in [0.05, 0.1) is 0 Å². The topological polar surface area (TPSA) is 32.3 Å². The van der Waals surface area contributed by atoms with E-state index in [0.29, 0.717) is 12.0 Å². The molecule has 4 heteroatoms. The van der Waals surface area contributed by atoms with Crippen LogP contribution in [0.1, 0.15) is 32.3 Å². The molecular weight excluding hydrogens is 224 g/mol. The smallest absolute Gasteiger partial charge is 0.159 e. The van der Waals surface area contributed by atoms with Gasteiger partial charge in [0, 0.05) is 12.1 Å². The summed E-state index contributed by atoms with van der Waals surface area (Å²) in [5.74, 6) is -1.71. The molecule has 0 saturated heterocycles. The molecule has 1 aromatic carbocycles. The first-order valence-corrected chi connectivity index (χ1v) is 5.85. The van der Waals surface area contributed by atoms with Crippen LogP contribution in [0.25, 0.3) is 0 Å². The maximum absolute atomic E-state index is 13.2. The number of aliphatic hydroxyl groups is 1. The molecule has 0 bridgehead atoms. The fourth-order valence-corrected chi connectivity index (χ4v) is 1.80. The third-order valence-corrected chi connectivity index (χ3v) is 2.93. The van der Waals surface area contributed by atoms with Crippen LogP contribution in [0.3, 0.4) is 0 Å². The summed E-state index contributed by atoms with van der Waals surface area (Å²) in [7, 11) is 0. The van der Waals surface area contributed by atoms with E-state index in [0.717, 1.165) is 19.0 Å². The Kier molecular flexibility index (Phi) is 5.02. The highest BCUT2D eigenvalue weighted by molar-refractivity contribution is 5.25. The lowest BCUT2D eigenvalue weighted by Crippen LogP contribution is -2.41. The Labute approximate surface area is 101 Å². The lowest BCUT2D eigenvalue weighted by Gasteiger charge is -2.31. The monoisotopic (exact) mass is 243 g/mol. The third-order valence-electron chi connectivity index (χ3n) is 2.93. The number of benzene rings is 1. The second-order valence-electron chi connectivity index (χ2n) is 4.36. The van der Waals surface area contributed by atoms with Gasteiger partial charge in [-0.25, -0.2) is 8.78 Å². The maximum Gasteiger partial charge on any atom is 0.159 e. The molecule has 1 rings (SSSR count). The van der Waals surface area contributed by atoms with Crippen molar-refractivity contribution >= 4 is 0 Å². The minimum Gasteiger partial charge on any atom is -0.396 e. The van der Waals surface area contributed by atoms with Crippen LogP contribution < -0.4 is 5.32 Å². The molecule has 0 aromatic heterocycles. The number of nitrogens with one attached hydrogen (secondary N) is 1. The van der Waals surface area contributed by atoms with E-state index in [1.54, 1.807) is 6.07 Å². The van der Waals surface area contributed by atoms with Gasteiger partial charge in [0.15, 0.2) is 11.6 Å². The van der Waals surface area contributed by atoms with Gasteiger partial charge in [-0.2, -0.15) is 0 Å². The normalized spacial score (nSPS) is 14.6. The standard InChI is InChI=1S/C13H19F2NO/c1-3-7-16-13(2,6-8-17)10-4-5-11(14)12(15)9-10/h4-5,9,16-17H,3,6-8H2,1-2H3. The van der Waals surface area contributed by atoms with Crippen molar-refractivity contribution in [3.63, 3.8) is 0 Å². The van der Waals surface area contributed by atoms with Crippen molar-refractivity contribution in [2.75, 3.05) is 13.2 Å². The molecule has 1 aromatic rings. The molecule has 1 unspecified atom stereocenters. The van der Waals surface area contributed by atoms with Crippen LogP contribution in [-0.2, 0) is 5.54 Å². The van der Waals surface area contributed by atoms with Crippen LogP contribution in [0, 0.1) is 11.6 Å². The first-order chi connectivity index (χ1) is 8.03. The molecule has 0 spiro atoms. The van der Waals surface area contributed by atoms with E-state index in [1.807, 2.05) is 13.8 Å². The lowest BCUT2D eigenvalue weighted by molar-refractivity contribution is 0.220. The summed E-state index contributed by atoms with van der Waals surface area (Å²) in [4.78, 5) is 0. The van der Waals surface area contributed by atoms with Gasteiger partial charge in [0.1, 0.15) is 0 Å². The Balaban J connectivity index is 2.99. The number of hydrogen-bond donors (Lipinski definition) is 2. The molecule has 0 fully saturated rings. The van der Waals surface area contributed by atoms with Gasteiger partial charge in [0.2, 0.25) is 0 Å². The van der Waals surface area contributed by atoms with Crippen LogP contribution in [-0.4, -0.2) is 18.3 Å². The van der Waals surface area contributed by atoms with Gasteiger partial charge in [-0.15, -0.1) is 0 Å². The van der Waals surface area contributed by atoms with Crippen molar-refractivity contribution < 1.29 is 13.9 Å². The quantitative estimate of drug-likeness (QED) is 0.804. The van der Waals surface area contributed by atoms with Crippen LogP contribution in [0.5, 0.6) is 0 Å². The Morgan fingerprint density at radius 1 is 1.29 bits per heavy atom. The fourth-order valence-electron chi connectivity index (χ4n) is 1.80. The zero-order valence-corrected chi connectivity index (χ0v) is 10.3. The highest BCUT2D eigenvalue weighted by Gasteiger charge is 2.26. The Morgan fingerprint density at radius 3 is 2.53 bits per heavy atom. The molecule has 0 amide bonds. The molecule has 2 N–H and O–H groups in total. The minimum absolute atomic E-state index is 0.00773. The third kappa shape index (κ3) is 3.48. The fraction of sp³-hybridized carbons (Fsp3) is 0.538. The summed E-state index contributed by atoms with van der Waals surface area (Å²) in [6.07, 6.45) is 1.39. The van der Waals surface area contributed by atoms with Crippen molar-refractivity contribution in [1.82, 2.24) is 5.32 Å². The van der Waals surface area contributed by atoms with Gasteiger partial charge in [-0.1, -0.05) is 13.0 Å². The second kappa shape index (κ2) is 6.07. The zero-order chi connectivity index (χ0) is 12.9. The number of hydrogen-bond acceptors (Lipinski definition) is 2. The van der Waals surface area contributed by atoms with E-state index in [9.17, 15) is 8.78 Å². The molecule has 0 aliphatic carbocycles. The molecule has 2 nitrogen and oxygen atoms in total. The van der Waals surface area contributed by atoms with Crippen LogP contribution in [0.15, 0.2) is 18.2 Å². The summed E-state index contributed by atoms with van der Waals surface area (Å²) in [6.45, 7) is 4.66. The van der Waals surface area contributed by atoms with Crippen LogP contribution >= 0.6 is 0 Å². The first-order valence-electron chi connectivity index (χ1n) is 5.85. The predicted octanol–water partition coefficient (Wildman–Crippen LogP) is 2.56. The summed E-state index contributed by atoms with van der Waals surface area (Å²) in [6, 6.07) is 3.86. The molecular formula is C13H19F2NO. The van der Waals surface area contributed by atoms with Crippen molar-refractivity contribution in [3.05, 3.63) is 35.4 Å². The second-order valence-corrected chi connectivity index (χ2v) is 4.36. The molecule has 0 heterocycles. The van der Waals surface area contributed by atoms with E-state index in [4.69, 9.17) is 5.11 Å². The molecule has 0 radical (unpaired) electrons. The highest BCUT2D eigenvalue weighted by atomic mass is 19.2. The molecule has 0 aliphatic rings. The van der Waals surface area contributed by atoms with Gasteiger partial charge in [-0.05, 0) is 44.0 Å². The van der Waals surface area contributed by atoms with Gasteiger partial charge < -0.3 is 10.4 Å². The SMILES string of the molecule is CCCNC(C)(CCO)c1ccc(F)c(F)c1. The summed E-state index contributed by atoms with van der Waals surface area (Å²) < 4.78 is 26.1. The van der Waals surface area contributed by atoms with Crippen molar-refractivity contribution in [1.29, 1.82) is 0 Å². The Bertz CT molecular complexity index is 370. The Morgan fingerprint density at radius 2 is 2.00 bits per heavy atom. The van der Waals surface area contributed by atoms with Gasteiger partial charge in [0.25, 0.3) is 0 Å². The van der Waals surface area contributed by atoms with E-state index in [-0.39, 0.29) is 6.61 Å². The van der Waals surface area contributed by atoms with Crippen molar-refractivity contribution in [2.24, 2.45) is 0 Å². The molecule has 1 atom stereocenters. The van der Waals surface area contributed by atoms with E-state index >= 15 is 0 Å². The Hall–Kier alpha value is -1.00. The molecule has 0 aliphatic heterocycles.